The number of ether oxygens (including phenoxy) is 1. The molecule has 29 heavy (non-hydrogen) atoms. The number of amides is 1. The first kappa shape index (κ1) is 22.0. The number of halogens is 3. The van der Waals surface area contributed by atoms with Gasteiger partial charge in [-0.1, -0.05) is 12.1 Å². The number of alkyl halides is 3. The van der Waals surface area contributed by atoms with Crippen LogP contribution in [0, 0.1) is 5.92 Å². The number of carbonyl (C=O) groups excluding carboxylic acids is 1. The average molecular weight is 436 g/mol. The largest absolute Gasteiger partial charge is 0.417 e. The fourth-order valence-electron chi connectivity index (χ4n) is 3.43. The lowest BCUT2D eigenvalue weighted by Crippen LogP contribution is -2.44. The van der Waals surface area contributed by atoms with Gasteiger partial charge in [-0.3, -0.25) is 4.79 Å². The third-order valence-corrected chi connectivity index (χ3v) is 7.02. The first-order valence-electron chi connectivity index (χ1n) is 9.43. The number of rotatable bonds is 5. The van der Waals surface area contributed by atoms with Crippen LogP contribution in [0.2, 0.25) is 0 Å². The van der Waals surface area contributed by atoms with Gasteiger partial charge in [-0.2, -0.15) is 17.5 Å². The van der Waals surface area contributed by atoms with Gasteiger partial charge in [0.05, 0.1) is 10.5 Å². The standard InChI is InChI=1S/C18H23F3N2O5S/c19-18(20,21)14-5-1-2-6-15(14)29(25,26)23-10-8-13(9-11-23)17(24)22-28-16-7-3-4-12-27-16/h1-2,5-6,13,16H,3-4,7-12H2,(H,22,24). The van der Waals surface area contributed by atoms with Gasteiger partial charge in [0.2, 0.25) is 15.9 Å². The maximum Gasteiger partial charge on any atom is 0.417 e. The van der Waals surface area contributed by atoms with Crippen LogP contribution in [0.5, 0.6) is 0 Å². The molecule has 1 aromatic rings. The van der Waals surface area contributed by atoms with Crippen molar-refractivity contribution in [2.75, 3.05) is 19.7 Å². The SMILES string of the molecule is O=C(NOC1CCCCO1)C1CCN(S(=O)(=O)c2ccccc2C(F)(F)F)CC1. The van der Waals surface area contributed by atoms with Gasteiger partial charge in [-0.25, -0.2) is 18.7 Å². The number of hydroxylamine groups is 1. The summed E-state index contributed by atoms with van der Waals surface area (Å²) in [6, 6.07) is 4.11. The predicted molar refractivity (Wildman–Crippen MR) is 95.7 cm³/mol. The van der Waals surface area contributed by atoms with E-state index in [0.29, 0.717) is 13.0 Å². The van der Waals surface area contributed by atoms with Gasteiger partial charge in [-0.05, 0) is 37.8 Å². The summed E-state index contributed by atoms with van der Waals surface area (Å²) in [5.41, 5.74) is 1.16. The van der Waals surface area contributed by atoms with Crippen LogP contribution in [-0.2, 0) is 30.6 Å². The Balaban J connectivity index is 1.59. The second kappa shape index (κ2) is 8.99. The Morgan fingerprint density at radius 2 is 1.83 bits per heavy atom. The quantitative estimate of drug-likeness (QED) is 0.718. The molecule has 3 rings (SSSR count). The Morgan fingerprint density at radius 3 is 2.45 bits per heavy atom. The third-order valence-electron chi connectivity index (χ3n) is 5.06. The smallest absolute Gasteiger partial charge is 0.350 e. The number of carbonyl (C=O) groups is 1. The highest BCUT2D eigenvalue weighted by atomic mass is 32.2. The molecule has 1 N–H and O–H groups in total. The van der Waals surface area contributed by atoms with Crippen molar-refractivity contribution in [3.63, 3.8) is 0 Å². The second-order valence-electron chi connectivity index (χ2n) is 7.05. The summed E-state index contributed by atoms with van der Waals surface area (Å²) in [7, 11) is -4.32. The van der Waals surface area contributed by atoms with Crippen LogP contribution in [-0.4, -0.2) is 44.6 Å². The van der Waals surface area contributed by atoms with Crippen molar-refractivity contribution >= 4 is 15.9 Å². The zero-order valence-electron chi connectivity index (χ0n) is 15.7. The minimum Gasteiger partial charge on any atom is -0.350 e. The molecular formula is C18H23F3N2O5S. The lowest BCUT2D eigenvalue weighted by Gasteiger charge is -2.31. The number of nitrogens with one attached hydrogen (secondary N) is 1. The van der Waals surface area contributed by atoms with E-state index < -0.39 is 38.9 Å². The van der Waals surface area contributed by atoms with Crippen molar-refractivity contribution in [1.29, 1.82) is 0 Å². The highest BCUT2D eigenvalue weighted by Gasteiger charge is 2.40. The summed E-state index contributed by atoms with van der Waals surface area (Å²) in [4.78, 5) is 16.7. The van der Waals surface area contributed by atoms with Crippen molar-refractivity contribution in [1.82, 2.24) is 9.79 Å². The molecule has 2 fully saturated rings. The molecule has 0 aliphatic carbocycles. The first-order chi connectivity index (χ1) is 13.7. The van der Waals surface area contributed by atoms with Gasteiger partial charge >= 0.3 is 6.18 Å². The molecule has 1 atom stereocenters. The van der Waals surface area contributed by atoms with Gasteiger partial charge in [0.15, 0.2) is 6.29 Å². The molecule has 1 amide bonds. The fourth-order valence-corrected chi connectivity index (χ4v) is 5.12. The summed E-state index contributed by atoms with van der Waals surface area (Å²) in [5.74, 6) is -0.866. The Kier molecular flexibility index (Phi) is 6.82. The summed E-state index contributed by atoms with van der Waals surface area (Å²) < 4.78 is 71.4. The van der Waals surface area contributed by atoms with Gasteiger partial charge in [0, 0.05) is 32.0 Å². The molecule has 2 aliphatic rings. The van der Waals surface area contributed by atoms with Gasteiger partial charge in [-0.15, -0.1) is 0 Å². The van der Waals surface area contributed by atoms with Crippen LogP contribution in [0.3, 0.4) is 0 Å². The molecule has 2 heterocycles. The lowest BCUT2D eigenvalue weighted by atomic mass is 9.98. The van der Waals surface area contributed by atoms with Gasteiger partial charge in [0.1, 0.15) is 0 Å². The van der Waals surface area contributed by atoms with E-state index in [4.69, 9.17) is 9.57 Å². The molecule has 0 saturated carbocycles. The summed E-state index contributed by atoms with van der Waals surface area (Å²) >= 11 is 0. The molecule has 0 aromatic heterocycles. The van der Waals surface area contributed by atoms with Crippen LogP contribution in [0.1, 0.15) is 37.7 Å². The Bertz CT molecular complexity index is 817. The normalized spacial score (nSPS) is 22.4. The fraction of sp³-hybridized carbons (Fsp3) is 0.611. The predicted octanol–water partition coefficient (Wildman–Crippen LogP) is 2.68. The average Bonchev–Trinajstić information content (AvgIpc) is 2.72. The van der Waals surface area contributed by atoms with Crippen molar-refractivity contribution in [2.24, 2.45) is 5.92 Å². The number of sulfonamides is 1. The van der Waals surface area contributed by atoms with E-state index in [1.807, 2.05) is 0 Å². The van der Waals surface area contributed by atoms with E-state index in [1.54, 1.807) is 0 Å². The van der Waals surface area contributed by atoms with E-state index in [2.05, 4.69) is 5.48 Å². The topological polar surface area (TPSA) is 84.9 Å². The highest BCUT2D eigenvalue weighted by molar-refractivity contribution is 7.89. The number of hydrogen-bond acceptors (Lipinski definition) is 5. The van der Waals surface area contributed by atoms with E-state index in [0.717, 1.165) is 35.3 Å². The van der Waals surface area contributed by atoms with Crippen LogP contribution in [0.15, 0.2) is 29.2 Å². The third kappa shape index (κ3) is 5.27. The van der Waals surface area contributed by atoms with Crippen LogP contribution in [0.4, 0.5) is 13.2 Å². The van der Waals surface area contributed by atoms with E-state index in [9.17, 15) is 26.4 Å². The molecule has 0 bridgehead atoms. The van der Waals surface area contributed by atoms with Crippen LogP contribution in [0.25, 0.3) is 0 Å². The molecule has 0 spiro atoms. The molecule has 7 nitrogen and oxygen atoms in total. The minimum atomic E-state index is -4.78. The highest BCUT2D eigenvalue weighted by Crippen LogP contribution is 2.36. The van der Waals surface area contributed by atoms with E-state index in [-0.39, 0.29) is 31.8 Å². The van der Waals surface area contributed by atoms with E-state index >= 15 is 0 Å². The Morgan fingerprint density at radius 1 is 1.14 bits per heavy atom. The van der Waals surface area contributed by atoms with Crippen molar-refractivity contribution in [2.45, 2.75) is 49.5 Å². The lowest BCUT2D eigenvalue weighted by molar-refractivity contribution is -0.202. The molecule has 1 aromatic carbocycles. The van der Waals surface area contributed by atoms with Crippen molar-refractivity contribution in [3.05, 3.63) is 29.8 Å². The zero-order chi connectivity index (χ0) is 21.1. The van der Waals surface area contributed by atoms with Crippen molar-refractivity contribution < 1.29 is 36.0 Å². The molecule has 1 unspecified atom stereocenters. The maximum absolute atomic E-state index is 13.2. The summed E-state index contributed by atoms with van der Waals surface area (Å²) in [5, 5.41) is 0. The monoisotopic (exact) mass is 436 g/mol. The van der Waals surface area contributed by atoms with Crippen LogP contribution >= 0.6 is 0 Å². The Labute approximate surface area is 167 Å². The molecular weight excluding hydrogens is 413 g/mol. The minimum absolute atomic E-state index is 0.0491. The maximum atomic E-state index is 13.2. The van der Waals surface area contributed by atoms with Gasteiger partial charge in [0.25, 0.3) is 0 Å². The number of hydrogen-bond donors (Lipinski definition) is 1. The first-order valence-corrected chi connectivity index (χ1v) is 10.9. The number of nitrogens with zero attached hydrogens (tertiary/aromatic N) is 1. The number of piperidine rings is 1. The molecule has 2 saturated heterocycles. The molecule has 162 valence electrons. The molecule has 11 heteroatoms. The Hall–Kier alpha value is -1.69. The molecule has 2 aliphatic heterocycles. The second-order valence-corrected chi connectivity index (χ2v) is 8.96. The number of benzene rings is 1. The summed E-state index contributed by atoms with van der Waals surface area (Å²) in [6.07, 6.45) is -2.33. The molecule has 0 radical (unpaired) electrons. The summed E-state index contributed by atoms with van der Waals surface area (Å²) in [6.45, 7) is 0.468. The van der Waals surface area contributed by atoms with Crippen molar-refractivity contribution in [3.8, 4) is 0 Å². The zero-order valence-corrected chi connectivity index (χ0v) is 16.5. The van der Waals surface area contributed by atoms with E-state index in [1.165, 1.54) is 6.07 Å². The van der Waals surface area contributed by atoms with Gasteiger partial charge < -0.3 is 4.74 Å². The van der Waals surface area contributed by atoms with Crippen LogP contribution < -0.4 is 5.48 Å².